The van der Waals surface area contributed by atoms with E-state index >= 15 is 0 Å². The summed E-state index contributed by atoms with van der Waals surface area (Å²) in [6.45, 7) is 5.27. The molecule has 0 saturated carbocycles. The molecule has 2 aliphatic heterocycles. The average Bonchev–Trinajstić information content (AvgIpc) is 2.68. The molecule has 1 atom stereocenters. The maximum atomic E-state index is 5.46. The van der Waals surface area contributed by atoms with Crippen molar-refractivity contribution in [1.29, 1.82) is 0 Å². The summed E-state index contributed by atoms with van der Waals surface area (Å²) in [5.74, 6) is 0. The third kappa shape index (κ3) is 4.83. The molecule has 0 aromatic heterocycles. The van der Waals surface area contributed by atoms with Crippen LogP contribution in [-0.4, -0.2) is 57.5 Å². The predicted octanol–water partition coefficient (Wildman–Crippen LogP) is 4.82. The zero-order valence-corrected chi connectivity index (χ0v) is 18.5. The third-order valence-corrected chi connectivity index (χ3v) is 8.15. The van der Waals surface area contributed by atoms with Crippen molar-refractivity contribution >= 4 is 45.1 Å². The van der Waals surface area contributed by atoms with Gasteiger partial charge in [-0.3, -0.25) is 4.90 Å². The van der Waals surface area contributed by atoms with E-state index in [2.05, 4.69) is 62.5 Å². The lowest BCUT2D eigenvalue weighted by Gasteiger charge is -2.31. The number of rotatable bonds is 6. The number of benzene rings is 2. The molecule has 2 aliphatic rings. The van der Waals surface area contributed by atoms with Gasteiger partial charge in [0.1, 0.15) is 0 Å². The van der Waals surface area contributed by atoms with Crippen LogP contribution in [0.25, 0.3) is 0 Å². The molecule has 1 unspecified atom stereocenters. The maximum Gasteiger partial charge on any atom is 0.0676 e. The zero-order chi connectivity index (χ0) is 18.6. The molecule has 0 amide bonds. The Labute approximate surface area is 177 Å². The lowest BCUT2D eigenvalue weighted by Crippen LogP contribution is -2.44. The van der Waals surface area contributed by atoms with Crippen molar-refractivity contribution in [2.24, 2.45) is 0 Å². The molecule has 2 aromatic rings. The van der Waals surface area contributed by atoms with Gasteiger partial charge in [-0.25, -0.2) is 0 Å². The molecular weight excluding hydrogens is 444 g/mol. The van der Waals surface area contributed by atoms with E-state index in [1.807, 2.05) is 23.5 Å². The van der Waals surface area contributed by atoms with Gasteiger partial charge in [-0.15, -0.1) is 0 Å². The van der Waals surface area contributed by atoms with Crippen LogP contribution >= 0.6 is 39.5 Å². The van der Waals surface area contributed by atoms with Gasteiger partial charge >= 0.3 is 0 Å². The van der Waals surface area contributed by atoms with Gasteiger partial charge in [0.25, 0.3) is 0 Å². The van der Waals surface area contributed by atoms with Crippen molar-refractivity contribution in [1.82, 2.24) is 4.90 Å². The second-order valence-corrected chi connectivity index (χ2v) is 9.63. The minimum Gasteiger partial charge on any atom is -0.383 e. The van der Waals surface area contributed by atoms with E-state index in [0.29, 0.717) is 6.61 Å². The highest BCUT2D eigenvalue weighted by Crippen LogP contribution is 2.51. The van der Waals surface area contributed by atoms with Crippen molar-refractivity contribution < 1.29 is 9.47 Å². The van der Waals surface area contributed by atoms with Crippen molar-refractivity contribution in [3.8, 4) is 0 Å². The summed E-state index contributed by atoms with van der Waals surface area (Å²) >= 11 is 7.34. The van der Waals surface area contributed by atoms with E-state index in [4.69, 9.17) is 9.47 Å². The van der Waals surface area contributed by atoms with Crippen LogP contribution in [0.3, 0.4) is 0 Å². The number of hydrogen-bond acceptors (Lipinski definition) is 6. The minimum absolute atomic E-state index is 0.258. The summed E-state index contributed by atoms with van der Waals surface area (Å²) in [6.07, 6.45) is 0. The molecule has 0 aliphatic carbocycles. The Morgan fingerprint density at radius 2 is 2.00 bits per heavy atom. The summed E-state index contributed by atoms with van der Waals surface area (Å²) < 4.78 is 12.1. The Morgan fingerprint density at radius 3 is 2.81 bits per heavy atom. The fraction of sp³-hybridized carbons (Fsp3) is 0.400. The first-order valence-corrected chi connectivity index (χ1v) is 11.5. The van der Waals surface area contributed by atoms with Gasteiger partial charge in [-0.05, 0) is 46.3 Å². The first-order chi connectivity index (χ1) is 13.2. The number of anilines is 1. The zero-order valence-electron chi connectivity index (χ0n) is 15.2. The van der Waals surface area contributed by atoms with Crippen LogP contribution in [-0.2, 0) is 9.47 Å². The molecule has 1 N–H and O–H groups in total. The van der Waals surface area contributed by atoms with Crippen molar-refractivity contribution in [3.05, 3.63) is 40.9 Å². The highest BCUT2D eigenvalue weighted by molar-refractivity contribution is 9.10. The largest absolute Gasteiger partial charge is 0.383 e. The van der Waals surface area contributed by atoms with Crippen LogP contribution in [0.1, 0.15) is 0 Å². The quantitative estimate of drug-likeness (QED) is 0.560. The van der Waals surface area contributed by atoms with Crippen LogP contribution in [0, 0.1) is 0 Å². The predicted molar refractivity (Wildman–Crippen MR) is 115 cm³/mol. The molecule has 1 fully saturated rings. The maximum absolute atomic E-state index is 5.46. The summed E-state index contributed by atoms with van der Waals surface area (Å²) in [5.41, 5.74) is 1.15. The molecule has 2 aromatic carbocycles. The number of fused-ring (bicyclic) bond motifs is 2. The molecule has 0 bridgehead atoms. The van der Waals surface area contributed by atoms with Gasteiger partial charge in [0, 0.05) is 56.5 Å². The Hall–Kier alpha value is -0.700. The molecule has 27 heavy (non-hydrogen) atoms. The van der Waals surface area contributed by atoms with E-state index < -0.39 is 0 Å². The number of nitrogens with zero attached hydrogens (tertiary/aromatic N) is 1. The Kier molecular flexibility index (Phi) is 6.68. The molecule has 144 valence electrons. The standard InChI is InChI=1S/C20H23BrN2O2S2/c1-24-13-15(12-23-7-9-25-10-8-23)22-14-5-6-17-19(11-14)26-18-4-2-3-16(21)20(18)27-17/h2-6,11,15,22H,7-10,12-13H2,1H3. The van der Waals surface area contributed by atoms with E-state index in [1.165, 1.54) is 19.6 Å². The second kappa shape index (κ2) is 9.20. The molecular formula is C20H23BrN2O2S2. The number of nitrogens with one attached hydrogen (secondary N) is 1. The van der Waals surface area contributed by atoms with Gasteiger partial charge < -0.3 is 14.8 Å². The lowest BCUT2D eigenvalue weighted by atomic mass is 10.2. The van der Waals surface area contributed by atoms with Gasteiger partial charge in [-0.1, -0.05) is 29.6 Å². The van der Waals surface area contributed by atoms with Crippen LogP contribution in [0.15, 0.2) is 60.5 Å². The third-order valence-electron chi connectivity index (χ3n) is 4.63. The van der Waals surface area contributed by atoms with Crippen molar-refractivity contribution in [3.63, 3.8) is 0 Å². The van der Waals surface area contributed by atoms with E-state index in [-0.39, 0.29) is 6.04 Å². The normalized spacial score (nSPS) is 17.9. The average molecular weight is 467 g/mol. The summed E-state index contributed by atoms with van der Waals surface area (Å²) in [4.78, 5) is 7.66. The van der Waals surface area contributed by atoms with E-state index in [1.54, 1.807) is 7.11 Å². The number of methoxy groups -OCH3 is 1. The SMILES string of the molecule is COCC(CN1CCOCC1)Nc1ccc2c(c1)Sc1cccc(Br)c1S2. The van der Waals surface area contributed by atoms with Crippen molar-refractivity contribution in [2.75, 3.05) is 51.9 Å². The fourth-order valence-corrected chi connectivity index (χ4v) is 6.36. The van der Waals surface area contributed by atoms with Gasteiger partial charge in [0.15, 0.2) is 0 Å². The number of halogens is 1. The molecule has 4 rings (SSSR count). The first kappa shape index (κ1) is 19.6. The monoisotopic (exact) mass is 466 g/mol. The molecule has 2 heterocycles. The molecule has 7 heteroatoms. The second-order valence-electron chi connectivity index (χ2n) is 6.64. The highest BCUT2D eigenvalue weighted by atomic mass is 79.9. The minimum atomic E-state index is 0.258. The summed E-state index contributed by atoms with van der Waals surface area (Å²) in [7, 11) is 1.77. The van der Waals surface area contributed by atoms with Gasteiger partial charge in [0.2, 0.25) is 0 Å². The van der Waals surface area contributed by atoms with Crippen LogP contribution in [0.2, 0.25) is 0 Å². The van der Waals surface area contributed by atoms with Gasteiger partial charge in [-0.2, -0.15) is 0 Å². The van der Waals surface area contributed by atoms with Crippen LogP contribution < -0.4 is 5.32 Å². The number of hydrogen-bond donors (Lipinski definition) is 1. The van der Waals surface area contributed by atoms with Crippen LogP contribution in [0.5, 0.6) is 0 Å². The Morgan fingerprint density at radius 1 is 1.15 bits per heavy atom. The molecule has 4 nitrogen and oxygen atoms in total. The Bertz CT molecular complexity index is 800. The smallest absolute Gasteiger partial charge is 0.0676 e. The summed E-state index contributed by atoms with van der Waals surface area (Å²) in [5, 5.41) is 3.67. The van der Waals surface area contributed by atoms with Crippen molar-refractivity contribution in [2.45, 2.75) is 25.6 Å². The van der Waals surface area contributed by atoms with E-state index in [9.17, 15) is 0 Å². The Balaban J connectivity index is 1.47. The summed E-state index contributed by atoms with van der Waals surface area (Å²) in [6, 6.07) is 13.3. The number of morpholine rings is 1. The fourth-order valence-electron chi connectivity index (χ4n) is 3.33. The number of ether oxygens (including phenoxy) is 2. The van der Waals surface area contributed by atoms with Crippen LogP contribution in [0.4, 0.5) is 5.69 Å². The van der Waals surface area contributed by atoms with Gasteiger partial charge in [0.05, 0.1) is 25.9 Å². The first-order valence-electron chi connectivity index (χ1n) is 9.07. The lowest BCUT2D eigenvalue weighted by molar-refractivity contribution is 0.0319. The van der Waals surface area contributed by atoms with E-state index in [0.717, 1.165) is 43.0 Å². The highest BCUT2D eigenvalue weighted by Gasteiger charge is 2.21. The topological polar surface area (TPSA) is 33.7 Å². The molecule has 1 saturated heterocycles. The molecule has 0 spiro atoms. The molecule has 0 radical (unpaired) electrons.